The number of carbonyl (C=O) groups is 1. The lowest BCUT2D eigenvalue weighted by molar-refractivity contribution is -0.118. The van der Waals surface area contributed by atoms with Crippen LogP contribution >= 0.6 is 0 Å². The predicted molar refractivity (Wildman–Crippen MR) is 82.2 cm³/mol. The Labute approximate surface area is 126 Å². The van der Waals surface area contributed by atoms with Crippen molar-refractivity contribution in [2.45, 2.75) is 52.1 Å². The molecule has 6 nitrogen and oxygen atoms in total. The van der Waals surface area contributed by atoms with Crippen molar-refractivity contribution < 1.29 is 9.32 Å². The summed E-state index contributed by atoms with van der Waals surface area (Å²) in [6.07, 6.45) is 3.71. The molecule has 0 spiro atoms. The standard InChI is InChI=1S/C15H26N4O2/c1-11(2)19(9-13-6-4-5-7-16-13)10-14(20)17-15-8-12(3)18-21-15/h8,11,13,16H,4-7,9-10H2,1-3H3,(H,17,20). The number of aromatic nitrogens is 1. The van der Waals surface area contributed by atoms with E-state index in [2.05, 4.69) is 34.5 Å². The van der Waals surface area contributed by atoms with Crippen molar-refractivity contribution in [1.82, 2.24) is 15.4 Å². The van der Waals surface area contributed by atoms with E-state index in [0.717, 1.165) is 18.8 Å². The number of hydrogen-bond donors (Lipinski definition) is 2. The van der Waals surface area contributed by atoms with E-state index >= 15 is 0 Å². The van der Waals surface area contributed by atoms with E-state index in [1.807, 2.05) is 6.92 Å². The summed E-state index contributed by atoms with van der Waals surface area (Å²) >= 11 is 0. The fourth-order valence-electron chi connectivity index (χ4n) is 2.60. The molecule has 1 aromatic rings. The molecule has 1 fully saturated rings. The third-order valence-corrected chi connectivity index (χ3v) is 3.83. The third-order valence-electron chi connectivity index (χ3n) is 3.83. The van der Waals surface area contributed by atoms with Crippen molar-refractivity contribution in [3.05, 3.63) is 11.8 Å². The zero-order valence-electron chi connectivity index (χ0n) is 13.2. The van der Waals surface area contributed by atoms with Gasteiger partial charge in [-0.1, -0.05) is 11.6 Å². The molecule has 2 rings (SSSR count). The molecule has 1 aliphatic heterocycles. The Balaban J connectivity index is 1.84. The molecule has 1 unspecified atom stereocenters. The Hall–Kier alpha value is -1.40. The fraction of sp³-hybridized carbons (Fsp3) is 0.733. The van der Waals surface area contributed by atoms with Crippen molar-refractivity contribution >= 4 is 11.8 Å². The van der Waals surface area contributed by atoms with Crippen LogP contribution < -0.4 is 10.6 Å². The minimum absolute atomic E-state index is 0.0596. The van der Waals surface area contributed by atoms with Crippen molar-refractivity contribution in [3.63, 3.8) is 0 Å². The molecule has 6 heteroatoms. The number of nitrogens with zero attached hydrogens (tertiary/aromatic N) is 2. The van der Waals surface area contributed by atoms with E-state index in [0.29, 0.717) is 24.5 Å². The number of hydrogen-bond acceptors (Lipinski definition) is 5. The molecular formula is C15H26N4O2. The predicted octanol–water partition coefficient (Wildman–Crippen LogP) is 1.77. The Morgan fingerprint density at radius 2 is 2.38 bits per heavy atom. The first-order valence-electron chi connectivity index (χ1n) is 7.75. The summed E-state index contributed by atoms with van der Waals surface area (Å²) in [5.41, 5.74) is 0.762. The van der Waals surface area contributed by atoms with Crippen LogP contribution in [-0.4, -0.2) is 47.7 Å². The van der Waals surface area contributed by atoms with Crippen molar-refractivity contribution in [2.24, 2.45) is 0 Å². The van der Waals surface area contributed by atoms with Gasteiger partial charge in [0.15, 0.2) is 0 Å². The van der Waals surface area contributed by atoms with E-state index in [4.69, 9.17) is 4.52 Å². The Kier molecular flexibility index (Phi) is 5.76. The van der Waals surface area contributed by atoms with Gasteiger partial charge in [0, 0.05) is 24.7 Å². The maximum Gasteiger partial charge on any atom is 0.240 e. The quantitative estimate of drug-likeness (QED) is 0.837. The fourth-order valence-corrected chi connectivity index (χ4v) is 2.60. The zero-order chi connectivity index (χ0) is 15.2. The monoisotopic (exact) mass is 294 g/mol. The van der Waals surface area contributed by atoms with Crippen molar-refractivity contribution in [3.8, 4) is 0 Å². The van der Waals surface area contributed by atoms with Gasteiger partial charge in [0.2, 0.25) is 11.8 Å². The summed E-state index contributed by atoms with van der Waals surface area (Å²) in [5.74, 6) is 0.354. The Bertz CT molecular complexity index is 452. The highest BCUT2D eigenvalue weighted by Crippen LogP contribution is 2.12. The van der Waals surface area contributed by atoms with Gasteiger partial charge in [-0.05, 0) is 40.2 Å². The van der Waals surface area contributed by atoms with Crippen molar-refractivity contribution in [2.75, 3.05) is 25.0 Å². The van der Waals surface area contributed by atoms with Crippen LogP contribution in [0.15, 0.2) is 10.6 Å². The van der Waals surface area contributed by atoms with Crippen LogP contribution in [0.3, 0.4) is 0 Å². The Morgan fingerprint density at radius 3 is 2.95 bits per heavy atom. The first kappa shape index (κ1) is 16.0. The normalized spacial score (nSPS) is 19.2. The lowest BCUT2D eigenvalue weighted by Gasteiger charge is -2.32. The molecule has 2 N–H and O–H groups in total. The van der Waals surface area contributed by atoms with E-state index in [1.165, 1.54) is 19.3 Å². The third kappa shape index (κ3) is 5.13. The summed E-state index contributed by atoms with van der Waals surface area (Å²) in [4.78, 5) is 14.3. The summed E-state index contributed by atoms with van der Waals surface area (Å²) in [6.45, 7) is 8.42. The minimum atomic E-state index is -0.0596. The van der Waals surface area contributed by atoms with Gasteiger partial charge < -0.3 is 9.84 Å². The van der Waals surface area contributed by atoms with Crippen LogP contribution in [0.4, 0.5) is 5.88 Å². The van der Waals surface area contributed by atoms with Crippen LogP contribution in [0, 0.1) is 6.92 Å². The molecule has 0 aromatic carbocycles. The molecule has 2 heterocycles. The van der Waals surface area contributed by atoms with Gasteiger partial charge in [0.05, 0.1) is 12.2 Å². The van der Waals surface area contributed by atoms with Crippen molar-refractivity contribution in [1.29, 1.82) is 0 Å². The number of piperidine rings is 1. The molecule has 0 saturated carbocycles. The molecule has 21 heavy (non-hydrogen) atoms. The number of carbonyl (C=O) groups excluding carboxylic acids is 1. The maximum atomic E-state index is 12.1. The largest absolute Gasteiger partial charge is 0.338 e. The van der Waals surface area contributed by atoms with Gasteiger partial charge in [-0.3, -0.25) is 15.0 Å². The highest BCUT2D eigenvalue weighted by Gasteiger charge is 2.21. The number of rotatable bonds is 6. The minimum Gasteiger partial charge on any atom is -0.338 e. The lowest BCUT2D eigenvalue weighted by Crippen LogP contribution is -2.48. The first-order valence-corrected chi connectivity index (χ1v) is 7.75. The van der Waals surface area contributed by atoms with Gasteiger partial charge >= 0.3 is 0 Å². The zero-order valence-corrected chi connectivity index (χ0v) is 13.2. The first-order chi connectivity index (χ1) is 10.0. The number of aryl methyl sites for hydroxylation is 1. The summed E-state index contributed by atoms with van der Waals surface area (Å²) in [5, 5.41) is 10.0. The molecule has 1 aromatic heterocycles. The molecule has 0 aliphatic carbocycles. The summed E-state index contributed by atoms with van der Waals surface area (Å²) in [6, 6.07) is 2.54. The van der Waals surface area contributed by atoms with E-state index < -0.39 is 0 Å². The molecule has 118 valence electrons. The summed E-state index contributed by atoms with van der Waals surface area (Å²) in [7, 11) is 0. The number of amides is 1. The second-order valence-corrected chi connectivity index (χ2v) is 6.05. The van der Waals surface area contributed by atoms with Gasteiger partial charge in [-0.15, -0.1) is 0 Å². The molecular weight excluding hydrogens is 268 g/mol. The van der Waals surface area contributed by atoms with Gasteiger partial charge in [0.1, 0.15) is 0 Å². The maximum absolute atomic E-state index is 12.1. The second kappa shape index (κ2) is 7.56. The Morgan fingerprint density at radius 1 is 1.57 bits per heavy atom. The number of anilines is 1. The second-order valence-electron chi connectivity index (χ2n) is 6.05. The molecule has 1 aliphatic rings. The average molecular weight is 294 g/mol. The van der Waals surface area contributed by atoms with Crippen LogP contribution in [0.2, 0.25) is 0 Å². The molecule has 1 atom stereocenters. The van der Waals surface area contributed by atoms with Crippen LogP contribution in [0.25, 0.3) is 0 Å². The highest BCUT2D eigenvalue weighted by molar-refractivity contribution is 5.90. The van der Waals surface area contributed by atoms with E-state index in [1.54, 1.807) is 6.07 Å². The van der Waals surface area contributed by atoms with Crippen LogP contribution in [0.5, 0.6) is 0 Å². The highest BCUT2D eigenvalue weighted by atomic mass is 16.5. The van der Waals surface area contributed by atoms with Crippen LogP contribution in [-0.2, 0) is 4.79 Å². The molecule has 1 saturated heterocycles. The van der Waals surface area contributed by atoms with E-state index in [9.17, 15) is 4.79 Å². The van der Waals surface area contributed by atoms with E-state index in [-0.39, 0.29) is 5.91 Å². The van der Waals surface area contributed by atoms with Gasteiger partial charge in [-0.25, -0.2) is 0 Å². The molecule has 0 bridgehead atoms. The molecule has 1 amide bonds. The van der Waals surface area contributed by atoms with Crippen LogP contribution in [0.1, 0.15) is 38.8 Å². The smallest absolute Gasteiger partial charge is 0.240 e. The molecule has 0 radical (unpaired) electrons. The number of nitrogens with one attached hydrogen (secondary N) is 2. The average Bonchev–Trinajstić information content (AvgIpc) is 2.84. The van der Waals surface area contributed by atoms with Gasteiger partial charge in [-0.2, -0.15) is 0 Å². The topological polar surface area (TPSA) is 70.4 Å². The lowest BCUT2D eigenvalue weighted by atomic mass is 10.0. The summed E-state index contributed by atoms with van der Waals surface area (Å²) < 4.78 is 5.01. The SMILES string of the molecule is Cc1cc(NC(=O)CN(CC2CCCCN2)C(C)C)on1. The van der Waals surface area contributed by atoms with Gasteiger partial charge in [0.25, 0.3) is 0 Å².